The van der Waals surface area contributed by atoms with Gasteiger partial charge in [0, 0.05) is 25.2 Å². The zero-order valence-electron chi connectivity index (χ0n) is 16.7. The minimum Gasteiger partial charge on any atom is -0.352 e. The number of rotatable bonds is 7. The van der Waals surface area contributed by atoms with Crippen LogP contribution in [0.1, 0.15) is 26.3 Å². The van der Waals surface area contributed by atoms with Crippen LogP contribution in [-0.2, 0) is 6.42 Å². The molecule has 0 spiro atoms. The number of hydrogen-bond acceptors (Lipinski definition) is 4. The average molecular weight is 438 g/mol. The molecule has 0 saturated heterocycles. The van der Waals surface area contributed by atoms with Gasteiger partial charge in [-0.15, -0.1) is 0 Å². The first-order chi connectivity index (χ1) is 14.9. The van der Waals surface area contributed by atoms with Crippen LogP contribution in [0.5, 0.6) is 0 Å². The van der Waals surface area contributed by atoms with Gasteiger partial charge in [0.15, 0.2) is 0 Å². The van der Waals surface area contributed by atoms with E-state index in [1.165, 1.54) is 24.1 Å². The summed E-state index contributed by atoms with van der Waals surface area (Å²) >= 11 is 5.83. The van der Waals surface area contributed by atoms with E-state index < -0.39 is 10.8 Å². The first-order valence-electron chi connectivity index (χ1n) is 9.51. The smallest absolute Gasteiger partial charge is 0.288 e. The Balaban J connectivity index is 1.77. The third kappa shape index (κ3) is 5.26. The van der Waals surface area contributed by atoms with Gasteiger partial charge in [0.25, 0.3) is 17.5 Å². The Labute approximate surface area is 184 Å². The van der Waals surface area contributed by atoms with Gasteiger partial charge in [0.05, 0.1) is 16.2 Å². The van der Waals surface area contributed by atoms with Crippen molar-refractivity contribution in [1.29, 1.82) is 0 Å². The van der Waals surface area contributed by atoms with Crippen LogP contribution in [0.15, 0.2) is 72.8 Å². The Morgan fingerprint density at radius 3 is 2.42 bits per heavy atom. The minimum absolute atomic E-state index is 0.0533. The summed E-state index contributed by atoms with van der Waals surface area (Å²) in [6.45, 7) is 0.443. The molecule has 8 heteroatoms. The highest BCUT2D eigenvalue weighted by atomic mass is 35.5. The second-order valence-electron chi connectivity index (χ2n) is 6.80. The number of nitrogens with one attached hydrogen (secondary N) is 1. The van der Waals surface area contributed by atoms with E-state index in [1.807, 2.05) is 30.3 Å². The average Bonchev–Trinajstić information content (AvgIpc) is 2.79. The van der Waals surface area contributed by atoms with E-state index in [-0.39, 0.29) is 22.2 Å². The van der Waals surface area contributed by atoms with E-state index in [4.69, 9.17) is 11.6 Å². The topological polar surface area (TPSA) is 92.6 Å². The second-order valence-corrected chi connectivity index (χ2v) is 7.20. The van der Waals surface area contributed by atoms with Crippen molar-refractivity contribution in [3.63, 3.8) is 0 Å². The Morgan fingerprint density at radius 2 is 1.71 bits per heavy atom. The molecule has 0 aliphatic heterocycles. The van der Waals surface area contributed by atoms with Gasteiger partial charge < -0.3 is 10.2 Å². The van der Waals surface area contributed by atoms with Crippen LogP contribution in [0.2, 0.25) is 5.02 Å². The van der Waals surface area contributed by atoms with E-state index >= 15 is 0 Å². The lowest BCUT2D eigenvalue weighted by molar-refractivity contribution is -0.384. The van der Waals surface area contributed by atoms with Gasteiger partial charge in [-0.25, -0.2) is 0 Å². The highest BCUT2D eigenvalue weighted by Gasteiger charge is 2.22. The summed E-state index contributed by atoms with van der Waals surface area (Å²) in [4.78, 5) is 37.5. The zero-order valence-corrected chi connectivity index (χ0v) is 17.5. The maximum atomic E-state index is 12.9. The largest absolute Gasteiger partial charge is 0.352 e. The van der Waals surface area contributed by atoms with Crippen molar-refractivity contribution in [2.24, 2.45) is 0 Å². The molecule has 0 aliphatic rings. The Bertz CT molecular complexity index is 1120. The van der Waals surface area contributed by atoms with Crippen LogP contribution >= 0.6 is 11.6 Å². The number of amides is 2. The summed E-state index contributed by atoms with van der Waals surface area (Å²) in [5.41, 5.74) is 1.57. The monoisotopic (exact) mass is 437 g/mol. The fourth-order valence-corrected chi connectivity index (χ4v) is 3.29. The number of nitro benzene ring substituents is 1. The van der Waals surface area contributed by atoms with Crippen molar-refractivity contribution in [3.8, 4) is 0 Å². The van der Waals surface area contributed by atoms with Crippen molar-refractivity contribution in [3.05, 3.63) is 105 Å². The summed E-state index contributed by atoms with van der Waals surface area (Å²) in [5, 5.41) is 13.9. The fourth-order valence-electron chi connectivity index (χ4n) is 3.11. The molecule has 0 aliphatic carbocycles. The van der Waals surface area contributed by atoms with E-state index in [1.54, 1.807) is 24.3 Å². The van der Waals surface area contributed by atoms with Gasteiger partial charge in [-0.3, -0.25) is 19.7 Å². The van der Waals surface area contributed by atoms with Crippen molar-refractivity contribution in [1.82, 2.24) is 5.32 Å². The Kier molecular flexibility index (Phi) is 6.99. The number of benzene rings is 3. The zero-order chi connectivity index (χ0) is 22.4. The van der Waals surface area contributed by atoms with Crippen LogP contribution in [0.4, 0.5) is 11.4 Å². The van der Waals surface area contributed by atoms with Crippen molar-refractivity contribution in [2.45, 2.75) is 6.42 Å². The molecule has 3 aromatic rings. The van der Waals surface area contributed by atoms with Crippen LogP contribution in [0.3, 0.4) is 0 Å². The van der Waals surface area contributed by atoms with E-state index in [2.05, 4.69) is 5.32 Å². The number of anilines is 1. The van der Waals surface area contributed by atoms with E-state index in [0.29, 0.717) is 24.2 Å². The first kappa shape index (κ1) is 22.0. The fraction of sp³-hybridized carbons (Fsp3) is 0.130. The van der Waals surface area contributed by atoms with Gasteiger partial charge in [-0.2, -0.15) is 0 Å². The lowest BCUT2D eigenvalue weighted by Gasteiger charge is -2.20. The molecule has 2 amide bonds. The molecule has 158 valence electrons. The van der Waals surface area contributed by atoms with Gasteiger partial charge in [0.2, 0.25) is 0 Å². The van der Waals surface area contributed by atoms with E-state index in [9.17, 15) is 19.7 Å². The molecule has 0 aromatic heterocycles. The van der Waals surface area contributed by atoms with Crippen LogP contribution in [0, 0.1) is 10.1 Å². The van der Waals surface area contributed by atoms with Gasteiger partial charge in [-0.1, -0.05) is 54.1 Å². The summed E-state index contributed by atoms with van der Waals surface area (Å²) in [6, 6.07) is 20.3. The number of para-hydroxylation sites is 1. The van der Waals surface area contributed by atoms with Crippen molar-refractivity contribution < 1.29 is 14.5 Å². The first-order valence-corrected chi connectivity index (χ1v) is 9.89. The number of carbonyl (C=O) groups is 2. The van der Waals surface area contributed by atoms with Crippen LogP contribution < -0.4 is 10.2 Å². The lowest BCUT2D eigenvalue weighted by Crippen LogP contribution is -2.31. The molecule has 3 rings (SSSR count). The van der Waals surface area contributed by atoms with Crippen molar-refractivity contribution >= 4 is 34.8 Å². The van der Waals surface area contributed by atoms with Gasteiger partial charge >= 0.3 is 0 Å². The number of hydrogen-bond donors (Lipinski definition) is 1. The normalized spacial score (nSPS) is 10.4. The highest BCUT2D eigenvalue weighted by Crippen LogP contribution is 2.27. The number of nitro groups is 1. The third-order valence-electron chi connectivity index (χ3n) is 4.75. The van der Waals surface area contributed by atoms with Gasteiger partial charge in [-0.05, 0) is 36.2 Å². The highest BCUT2D eigenvalue weighted by molar-refractivity contribution is 6.32. The quantitative estimate of drug-likeness (QED) is 0.435. The molecule has 0 radical (unpaired) electrons. The second kappa shape index (κ2) is 9.86. The summed E-state index contributed by atoms with van der Waals surface area (Å²) < 4.78 is 0. The molecule has 0 saturated carbocycles. The molecule has 0 fully saturated rings. The molecule has 0 unspecified atom stereocenters. The lowest BCUT2D eigenvalue weighted by atomic mass is 10.1. The number of nitrogens with zero attached hydrogens (tertiary/aromatic N) is 2. The maximum Gasteiger partial charge on any atom is 0.288 e. The van der Waals surface area contributed by atoms with Crippen LogP contribution in [-0.4, -0.2) is 30.3 Å². The number of carbonyl (C=O) groups excluding carboxylic acids is 2. The molecule has 3 aromatic carbocycles. The molecule has 31 heavy (non-hydrogen) atoms. The summed E-state index contributed by atoms with van der Waals surface area (Å²) in [5.74, 6) is -0.808. The molecule has 1 N–H and O–H groups in total. The molecule has 0 bridgehead atoms. The minimum atomic E-state index is -0.646. The summed E-state index contributed by atoms with van der Waals surface area (Å²) in [7, 11) is 1.51. The Hall–Kier alpha value is -3.71. The third-order valence-corrected chi connectivity index (χ3v) is 5.07. The standard InChI is InChI=1S/C23H20ClN3O4/c1-26(23(29)17-11-12-19(24)21(15-17)27(30)31)20-10-6-5-9-18(20)22(28)25-14-13-16-7-3-2-4-8-16/h2-12,15H,13-14H2,1H3,(H,25,28). The molecule has 7 nitrogen and oxygen atoms in total. The SMILES string of the molecule is CN(C(=O)c1ccc(Cl)c([N+](=O)[O-])c1)c1ccccc1C(=O)NCCc1ccccc1. The molecular formula is C23H20ClN3O4. The van der Waals surface area contributed by atoms with Crippen molar-refractivity contribution in [2.75, 3.05) is 18.5 Å². The predicted octanol–water partition coefficient (Wildman–Crippen LogP) is 4.50. The van der Waals surface area contributed by atoms with Gasteiger partial charge in [0.1, 0.15) is 5.02 Å². The molecular weight excluding hydrogens is 418 g/mol. The molecule has 0 atom stereocenters. The molecule has 0 heterocycles. The van der Waals surface area contributed by atoms with E-state index in [0.717, 1.165) is 11.6 Å². The predicted molar refractivity (Wildman–Crippen MR) is 120 cm³/mol. The maximum absolute atomic E-state index is 12.9. The number of halogens is 1. The Morgan fingerprint density at radius 1 is 1.03 bits per heavy atom. The summed E-state index contributed by atoms with van der Waals surface area (Å²) in [6.07, 6.45) is 0.679. The van der Waals surface area contributed by atoms with Crippen LogP contribution in [0.25, 0.3) is 0 Å².